The molecule has 1 unspecified atom stereocenters. The van der Waals surface area contributed by atoms with Crippen molar-refractivity contribution in [3.63, 3.8) is 0 Å². The van der Waals surface area contributed by atoms with Gasteiger partial charge in [-0.25, -0.2) is 0 Å². The second-order valence-electron chi connectivity index (χ2n) is 12.1. The molecule has 1 atom stereocenters. The number of nitrogens with zero attached hydrogens (tertiary/aromatic N) is 1. The molecule has 0 bridgehead atoms. The van der Waals surface area contributed by atoms with Gasteiger partial charge in [-0.05, 0) is 110 Å². The lowest BCUT2D eigenvalue weighted by Crippen LogP contribution is -2.15. The van der Waals surface area contributed by atoms with Crippen LogP contribution in [0.5, 0.6) is 0 Å². The van der Waals surface area contributed by atoms with Crippen molar-refractivity contribution < 1.29 is 0 Å². The molecule has 0 amide bonds. The highest BCUT2D eigenvalue weighted by Crippen LogP contribution is 2.42. The van der Waals surface area contributed by atoms with Crippen LogP contribution < -0.4 is 5.32 Å². The summed E-state index contributed by atoms with van der Waals surface area (Å²) >= 11 is 0. The van der Waals surface area contributed by atoms with Crippen LogP contribution in [-0.2, 0) is 0 Å². The standard InChI is InChI=1S/C45H34N2/c1-3-9-34-26-36(20-14-30(34)4-2)37-22-23-44-42(28-37)41(29-45(47-44)38-21-15-31-10-5-6-11-35(31)27-38)33-18-16-32(17-19-33)39-24-25-46-43-13-8-7-12-40(39)43/h3-29,45,47H,2H2,1H3/b9-3-. The molecule has 0 spiro atoms. The zero-order valence-electron chi connectivity index (χ0n) is 26.3. The second-order valence-corrected chi connectivity index (χ2v) is 12.1. The molecule has 224 valence electrons. The van der Waals surface area contributed by atoms with E-state index in [0.29, 0.717) is 0 Å². The number of rotatable bonds is 6. The highest BCUT2D eigenvalue weighted by molar-refractivity contribution is 5.96. The lowest BCUT2D eigenvalue weighted by molar-refractivity contribution is 0.976. The molecule has 2 nitrogen and oxygen atoms in total. The summed E-state index contributed by atoms with van der Waals surface area (Å²) in [5, 5.41) is 7.52. The van der Waals surface area contributed by atoms with E-state index in [1.54, 1.807) is 0 Å². The number of allylic oxidation sites excluding steroid dienone is 1. The monoisotopic (exact) mass is 602 g/mol. The Morgan fingerprint density at radius 1 is 0.638 bits per heavy atom. The topological polar surface area (TPSA) is 24.9 Å². The van der Waals surface area contributed by atoms with Gasteiger partial charge in [0, 0.05) is 22.8 Å². The molecule has 0 fully saturated rings. The summed E-state index contributed by atoms with van der Waals surface area (Å²) in [6.07, 6.45) is 10.4. The number of hydrogen-bond donors (Lipinski definition) is 1. The first-order chi connectivity index (χ1) is 23.2. The van der Waals surface area contributed by atoms with E-state index in [2.05, 4.69) is 169 Å². The highest BCUT2D eigenvalue weighted by Gasteiger charge is 2.22. The summed E-state index contributed by atoms with van der Waals surface area (Å²) in [5.41, 5.74) is 14.0. The van der Waals surface area contributed by atoms with Crippen LogP contribution in [0.3, 0.4) is 0 Å². The molecule has 1 aliphatic heterocycles. The number of pyridine rings is 1. The van der Waals surface area contributed by atoms with E-state index in [9.17, 15) is 0 Å². The van der Waals surface area contributed by atoms with E-state index >= 15 is 0 Å². The molecule has 6 aromatic carbocycles. The van der Waals surface area contributed by atoms with Gasteiger partial charge in [-0.15, -0.1) is 0 Å². The number of para-hydroxylation sites is 1. The summed E-state index contributed by atoms with van der Waals surface area (Å²) in [6, 6.07) is 48.2. The van der Waals surface area contributed by atoms with Gasteiger partial charge in [0.25, 0.3) is 0 Å². The molecule has 1 N–H and O–H groups in total. The molecule has 7 aromatic rings. The molecular weight excluding hydrogens is 569 g/mol. The summed E-state index contributed by atoms with van der Waals surface area (Å²) in [4.78, 5) is 4.57. The Morgan fingerprint density at radius 3 is 2.23 bits per heavy atom. The van der Waals surface area contributed by atoms with Crippen molar-refractivity contribution in [2.45, 2.75) is 13.0 Å². The summed E-state index contributed by atoms with van der Waals surface area (Å²) in [7, 11) is 0. The Bertz CT molecular complexity index is 2350. The highest BCUT2D eigenvalue weighted by atomic mass is 14.9. The van der Waals surface area contributed by atoms with Crippen molar-refractivity contribution >= 4 is 45.1 Å². The maximum Gasteiger partial charge on any atom is 0.0708 e. The summed E-state index contributed by atoms with van der Waals surface area (Å²) < 4.78 is 0. The predicted molar refractivity (Wildman–Crippen MR) is 201 cm³/mol. The summed E-state index contributed by atoms with van der Waals surface area (Å²) in [6.45, 7) is 6.06. The van der Waals surface area contributed by atoms with Gasteiger partial charge in [-0.3, -0.25) is 4.98 Å². The first-order valence-corrected chi connectivity index (χ1v) is 16.1. The van der Waals surface area contributed by atoms with Crippen LogP contribution in [0, 0.1) is 0 Å². The molecule has 0 saturated carbocycles. The first-order valence-electron chi connectivity index (χ1n) is 16.1. The van der Waals surface area contributed by atoms with Crippen molar-refractivity contribution in [1.29, 1.82) is 0 Å². The van der Waals surface area contributed by atoms with Crippen LogP contribution in [-0.4, -0.2) is 4.98 Å². The fourth-order valence-electron chi connectivity index (χ4n) is 6.81. The van der Waals surface area contributed by atoms with E-state index < -0.39 is 0 Å². The Balaban J connectivity index is 1.24. The van der Waals surface area contributed by atoms with Crippen LogP contribution in [0.25, 0.3) is 61.7 Å². The van der Waals surface area contributed by atoms with E-state index in [0.717, 1.165) is 22.2 Å². The number of fused-ring (bicyclic) bond motifs is 3. The van der Waals surface area contributed by atoms with Gasteiger partial charge in [-0.1, -0.05) is 122 Å². The van der Waals surface area contributed by atoms with Crippen LogP contribution >= 0.6 is 0 Å². The molecule has 1 aliphatic rings. The SMILES string of the molecule is C=Cc1ccc(-c2ccc3c(c2)C(c2ccc(-c4ccnc5ccccc45)cc2)=CC(c2ccc4ccccc4c2)N3)cc1/C=C\C. The van der Waals surface area contributed by atoms with Gasteiger partial charge < -0.3 is 5.32 Å². The van der Waals surface area contributed by atoms with E-state index in [1.165, 1.54) is 60.9 Å². The molecule has 2 heterocycles. The third kappa shape index (κ3) is 5.34. The Hall–Kier alpha value is -5.99. The van der Waals surface area contributed by atoms with E-state index in [1.807, 2.05) is 18.3 Å². The quantitative estimate of drug-likeness (QED) is 0.205. The minimum absolute atomic E-state index is 0.0324. The zero-order chi connectivity index (χ0) is 31.7. The Labute approximate surface area is 276 Å². The molecule has 1 aromatic heterocycles. The average molecular weight is 603 g/mol. The largest absolute Gasteiger partial charge is 0.374 e. The van der Waals surface area contributed by atoms with Gasteiger partial charge in [0.05, 0.1) is 11.6 Å². The second kappa shape index (κ2) is 12.1. The maximum atomic E-state index is 4.57. The fraction of sp³-hybridized carbons (Fsp3) is 0.0444. The van der Waals surface area contributed by atoms with E-state index in [4.69, 9.17) is 0 Å². The molecule has 0 saturated heterocycles. The van der Waals surface area contributed by atoms with Crippen molar-refractivity contribution in [2.24, 2.45) is 0 Å². The minimum Gasteiger partial charge on any atom is -0.374 e. The first kappa shape index (κ1) is 28.5. The predicted octanol–water partition coefficient (Wildman–Crippen LogP) is 12.0. The number of hydrogen-bond acceptors (Lipinski definition) is 2. The van der Waals surface area contributed by atoms with Crippen molar-refractivity contribution in [2.75, 3.05) is 5.32 Å². The van der Waals surface area contributed by atoms with Crippen LogP contribution in [0.2, 0.25) is 0 Å². The van der Waals surface area contributed by atoms with E-state index in [-0.39, 0.29) is 6.04 Å². The number of aromatic nitrogens is 1. The zero-order valence-corrected chi connectivity index (χ0v) is 26.3. The van der Waals surface area contributed by atoms with Gasteiger partial charge in [0.15, 0.2) is 0 Å². The molecule has 2 heteroatoms. The number of benzene rings is 6. The smallest absolute Gasteiger partial charge is 0.0708 e. The summed E-state index contributed by atoms with van der Waals surface area (Å²) in [5.74, 6) is 0. The minimum atomic E-state index is 0.0324. The van der Waals surface area contributed by atoms with Gasteiger partial charge >= 0.3 is 0 Å². The Morgan fingerprint density at radius 2 is 1.38 bits per heavy atom. The van der Waals surface area contributed by atoms with Crippen LogP contribution in [0.15, 0.2) is 158 Å². The van der Waals surface area contributed by atoms with Crippen molar-refractivity contribution in [3.8, 4) is 22.3 Å². The molecular formula is C45H34N2. The molecule has 8 rings (SSSR count). The van der Waals surface area contributed by atoms with Gasteiger partial charge in [-0.2, -0.15) is 0 Å². The lowest BCUT2D eigenvalue weighted by atomic mass is 9.86. The molecule has 0 aliphatic carbocycles. The Kier molecular flexibility index (Phi) is 7.32. The van der Waals surface area contributed by atoms with Crippen LogP contribution in [0.1, 0.15) is 40.8 Å². The van der Waals surface area contributed by atoms with Crippen LogP contribution in [0.4, 0.5) is 5.69 Å². The third-order valence-corrected chi connectivity index (χ3v) is 9.23. The average Bonchev–Trinajstić information content (AvgIpc) is 3.14. The number of nitrogens with one attached hydrogen (secondary N) is 1. The normalized spacial score (nSPS) is 14.1. The third-order valence-electron chi connectivity index (χ3n) is 9.23. The van der Waals surface area contributed by atoms with Crippen molar-refractivity contribution in [1.82, 2.24) is 4.98 Å². The van der Waals surface area contributed by atoms with Crippen molar-refractivity contribution in [3.05, 3.63) is 186 Å². The van der Waals surface area contributed by atoms with Gasteiger partial charge in [0.2, 0.25) is 0 Å². The number of anilines is 1. The molecule has 0 radical (unpaired) electrons. The maximum absolute atomic E-state index is 4.57. The molecule has 47 heavy (non-hydrogen) atoms. The lowest BCUT2D eigenvalue weighted by Gasteiger charge is -2.28. The van der Waals surface area contributed by atoms with Gasteiger partial charge in [0.1, 0.15) is 0 Å². The fourth-order valence-corrected chi connectivity index (χ4v) is 6.81.